The number of halogens is 4. The molecular formula is C23H25ClF3N7O5S2. The van der Waals surface area contributed by atoms with Crippen LogP contribution in [0.15, 0.2) is 17.2 Å². The molecule has 222 valence electrons. The zero-order valence-corrected chi connectivity index (χ0v) is 24.3. The first-order valence-corrected chi connectivity index (χ1v) is 15.3. The number of imidazole rings is 1. The molecule has 1 aliphatic carbocycles. The van der Waals surface area contributed by atoms with E-state index in [0.29, 0.717) is 44.7 Å². The topological polar surface area (TPSA) is 131 Å². The number of alkyl halides is 3. The lowest BCUT2D eigenvalue weighted by atomic mass is 10.0. The molecule has 0 bridgehead atoms. The molecule has 2 aliphatic heterocycles. The van der Waals surface area contributed by atoms with Gasteiger partial charge in [-0.25, -0.2) is 18.1 Å². The summed E-state index contributed by atoms with van der Waals surface area (Å²) in [5.41, 5.74) is -0.891. The molecule has 0 radical (unpaired) electrons. The van der Waals surface area contributed by atoms with Gasteiger partial charge in [0.25, 0.3) is 5.91 Å². The summed E-state index contributed by atoms with van der Waals surface area (Å²) in [6.07, 6.45) is -2.14. The van der Waals surface area contributed by atoms with Crippen LogP contribution in [0.2, 0.25) is 5.15 Å². The van der Waals surface area contributed by atoms with Gasteiger partial charge in [0.1, 0.15) is 16.0 Å². The molecule has 18 heteroatoms. The monoisotopic (exact) mass is 635 g/mol. The largest absolute Gasteiger partial charge is 0.445 e. The molecule has 6 rings (SSSR count). The number of ether oxygens (including phenoxy) is 2. The van der Waals surface area contributed by atoms with Crippen molar-refractivity contribution in [2.24, 2.45) is 0 Å². The van der Waals surface area contributed by atoms with Crippen LogP contribution < -0.4 is 9.62 Å². The normalized spacial score (nSPS) is 20.3. The molecule has 41 heavy (non-hydrogen) atoms. The van der Waals surface area contributed by atoms with Crippen molar-refractivity contribution in [3.05, 3.63) is 22.4 Å². The van der Waals surface area contributed by atoms with E-state index in [4.69, 9.17) is 21.1 Å². The molecule has 3 aliphatic rings. The number of carbonyl (C=O) groups is 1. The Balaban J connectivity index is 1.41. The Kier molecular flexibility index (Phi) is 6.78. The van der Waals surface area contributed by atoms with Crippen LogP contribution in [-0.2, 0) is 30.5 Å². The summed E-state index contributed by atoms with van der Waals surface area (Å²) < 4.78 is 81.4. The maximum atomic E-state index is 13.5. The van der Waals surface area contributed by atoms with E-state index in [0.717, 1.165) is 0 Å². The number of rotatable bonds is 7. The number of hydrogen-bond donors (Lipinski definition) is 1. The number of sulfonamides is 1. The fourth-order valence-corrected chi connectivity index (χ4v) is 7.36. The average molecular weight is 636 g/mol. The van der Waals surface area contributed by atoms with Crippen molar-refractivity contribution >= 4 is 50.1 Å². The molecule has 0 atom stereocenters. The summed E-state index contributed by atoms with van der Waals surface area (Å²) in [4.78, 5) is 20.7. The highest BCUT2D eigenvalue weighted by molar-refractivity contribution is 7.89. The molecule has 1 N–H and O–H groups in total. The van der Waals surface area contributed by atoms with Crippen LogP contribution in [0.1, 0.15) is 24.8 Å². The van der Waals surface area contributed by atoms with Crippen molar-refractivity contribution in [3.8, 4) is 10.8 Å². The highest BCUT2D eigenvalue weighted by Crippen LogP contribution is 2.42. The summed E-state index contributed by atoms with van der Waals surface area (Å²) in [6.45, 7) is 3.47. The lowest BCUT2D eigenvalue weighted by Gasteiger charge is -2.39. The van der Waals surface area contributed by atoms with Crippen molar-refractivity contribution < 1.29 is 35.9 Å². The van der Waals surface area contributed by atoms with Crippen LogP contribution in [0.25, 0.3) is 16.3 Å². The molecule has 2 saturated heterocycles. The Morgan fingerprint density at radius 2 is 1.88 bits per heavy atom. The predicted molar refractivity (Wildman–Crippen MR) is 141 cm³/mol. The van der Waals surface area contributed by atoms with Gasteiger partial charge in [0.15, 0.2) is 16.0 Å². The van der Waals surface area contributed by atoms with E-state index in [2.05, 4.69) is 19.9 Å². The number of carbonyl (C=O) groups excluding carboxylic acids is 1. The van der Waals surface area contributed by atoms with Gasteiger partial charge in [-0.15, -0.1) is 10.2 Å². The molecule has 1 amide bonds. The summed E-state index contributed by atoms with van der Waals surface area (Å²) >= 11 is 6.80. The standard InChI is InChI=1S/C23H25ClF3N7O5S2/c1-21(11-39-12-21)31-41(36,37)13-9-14(32-5-7-33(8-6-32)20(35)22(38-2)3-4-22)15-16(24)28-17(34(15)10-13)18-29-30-19(40-18)23(25,26)27/h9-10,31H,3-8,11-12H2,1-2H3. The lowest BCUT2D eigenvalue weighted by molar-refractivity contribution is -0.145. The fourth-order valence-electron chi connectivity index (χ4n) is 5.00. The van der Waals surface area contributed by atoms with Crippen LogP contribution >= 0.6 is 22.9 Å². The number of nitrogens with one attached hydrogen (secondary N) is 1. The first-order valence-electron chi connectivity index (χ1n) is 12.6. The summed E-state index contributed by atoms with van der Waals surface area (Å²) in [5, 5.41) is 5.48. The van der Waals surface area contributed by atoms with Gasteiger partial charge in [-0.1, -0.05) is 22.9 Å². The van der Waals surface area contributed by atoms with Gasteiger partial charge in [0.2, 0.25) is 15.0 Å². The van der Waals surface area contributed by atoms with Crippen LogP contribution in [0.3, 0.4) is 0 Å². The van der Waals surface area contributed by atoms with Crippen LogP contribution in [-0.4, -0.2) is 96.4 Å². The fraction of sp³-hybridized carbons (Fsp3) is 0.565. The minimum absolute atomic E-state index is 0.0511. The summed E-state index contributed by atoms with van der Waals surface area (Å²) in [6, 6.07) is 1.45. The first kappa shape index (κ1) is 28.5. The molecule has 3 fully saturated rings. The molecule has 0 unspecified atom stereocenters. The number of hydrogen-bond acceptors (Lipinski definition) is 10. The maximum Gasteiger partial charge on any atom is 0.445 e. The Morgan fingerprint density at radius 3 is 2.41 bits per heavy atom. The number of methoxy groups -OCH3 is 1. The Hall–Kier alpha value is -2.57. The van der Waals surface area contributed by atoms with Crippen molar-refractivity contribution in [2.75, 3.05) is 51.4 Å². The van der Waals surface area contributed by atoms with Crippen LogP contribution in [0, 0.1) is 0 Å². The average Bonchev–Trinajstić information content (AvgIpc) is 3.41. The minimum atomic E-state index is -4.71. The number of fused-ring (bicyclic) bond motifs is 1. The zero-order chi connectivity index (χ0) is 29.4. The molecule has 3 aromatic rings. The van der Waals surface area contributed by atoms with E-state index in [9.17, 15) is 26.4 Å². The van der Waals surface area contributed by atoms with E-state index < -0.39 is 32.3 Å². The van der Waals surface area contributed by atoms with E-state index >= 15 is 0 Å². The predicted octanol–water partition coefficient (Wildman–Crippen LogP) is 2.42. The van der Waals surface area contributed by atoms with E-state index in [1.165, 1.54) is 23.8 Å². The Morgan fingerprint density at radius 1 is 1.20 bits per heavy atom. The van der Waals surface area contributed by atoms with Crippen molar-refractivity contribution in [2.45, 2.75) is 42.0 Å². The number of amides is 1. The highest BCUT2D eigenvalue weighted by atomic mass is 35.5. The molecule has 12 nitrogen and oxygen atoms in total. The zero-order valence-electron chi connectivity index (χ0n) is 21.9. The number of piperazine rings is 1. The number of pyridine rings is 1. The summed E-state index contributed by atoms with van der Waals surface area (Å²) in [5.74, 6) is -0.165. The molecular weight excluding hydrogens is 611 g/mol. The Labute approximate surface area is 241 Å². The number of anilines is 1. The minimum Gasteiger partial charge on any atom is -0.377 e. The molecule has 3 aromatic heterocycles. The third-order valence-corrected chi connectivity index (χ3v) is 10.3. The van der Waals surface area contributed by atoms with E-state index in [1.807, 2.05) is 4.90 Å². The van der Waals surface area contributed by atoms with Gasteiger partial charge in [0.05, 0.1) is 24.4 Å². The summed E-state index contributed by atoms with van der Waals surface area (Å²) in [7, 11) is -2.60. The first-order chi connectivity index (χ1) is 19.3. The third-order valence-electron chi connectivity index (χ3n) is 7.43. The van der Waals surface area contributed by atoms with Crippen LogP contribution in [0.5, 0.6) is 0 Å². The van der Waals surface area contributed by atoms with Gasteiger partial charge in [-0.3, -0.25) is 9.20 Å². The third kappa shape index (κ3) is 5.05. The molecule has 0 spiro atoms. The van der Waals surface area contributed by atoms with Gasteiger partial charge < -0.3 is 19.3 Å². The van der Waals surface area contributed by atoms with E-state index in [1.54, 1.807) is 11.8 Å². The second-order valence-corrected chi connectivity index (χ2v) is 13.6. The molecule has 1 saturated carbocycles. The molecule has 0 aromatic carbocycles. The number of nitrogens with zero attached hydrogens (tertiary/aromatic N) is 6. The molecule has 5 heterocycles. The van der Waals surface area contributed by atoms with Crippen molar-refractivity contribution in [3.63, 3.8) is 0 Å². The Bertz CT molecular complexity index is 1630. The van der Waals surface area contributed by atoms with Crippen molar-refractivity contribution in [1.29, 1.82) is 0 Å². The quantitative estimate of drug-likeness (QED) is 0.416. The second kappa shape index (κ2) is 9.74. The van der Waals surface area contributed by atoms with Gasteiger partial charge >= 0.3 is 6.18 Å². The lowest BCUT2D eigenvalue weighted by Crippen LogP contribution is -2.59. The van der Waals surface area contributed by atoms with Gasteiger partial charge in [-0.2, -0.15) is 13.2 Å². The number of aromatic nitrogens is 4. The van der Waals surface area contributed by atoms with Crippen LogP contribution in [0.4, 0.5) is 18.9 Å². The highest BCUT2D eigenvalue weighted by Gasteiger charge is 2.52. The second-order valence-electron chi connectivity index (χ2n) is 10.6. The smallest absolute Gasteiger partial charge is 0.377 e. The SMILES string of the molecule is COC1(C(=O)N2CCN(c3cc(S(=O)(=O)NC4(C)COC4)cn4c(-c5nnc(C(F)(F)F)s5)nc(Cl)c34)CC2)CC1. The van der Waals surface area contributed by atoms with Gasteiger partial charge in [-0.05, 0) is 25.8 Å². The maximum absolute atomic E-state index is 13.5. The van der Waals surface area contributed by atoms with E-state index in [-0.39, 0.29) is 56.9 Å². The van der Waals surface area contributed by atoms with Crippen molar-refractivity contribution in [1.82, 2.24) is 29.2 Å². The van der Waals surface area contributed by atoms with Gasteiger partial charge in [0, 0.05) is 39.5 Å².